The third-order valence-electron chi connectivity index (χ3n) is 10.6. The number of carbonyl (C=O) groups is 3. The molecule has 0 amide bonds. The lowest BCUT2D eigenvalue weighted by Crippen LogP contribution is -2.81. The van der Waals surface area contributed by atoms with Crippen molar-refractivity contribution in [3.8, 4) is 0 Å². The number of nitrogens with zero attached hydrogens (tertiary/aromatic N) is 1. The highest BCUT2D eigenvalue weighted by Crippen LogP contribution is 2.31. The van der Waals surface area contributed by atoms with Crippen molar-refractivity contribution in [1.82, 2.24) is 0 Å². The first kappa shape index (κ1) is 51.6. The number of pyridine rings is 1. The summed E-state index contributed by atoms with van der Waals surface area (Å²) in [7, 11) is 0. The molecule has 0 saturated heterocycles. The average Bonchev–Trinajstić information content (AvgIpc) is 3.34. The number of para-hydroxylation sites is 1. The zero-order valence-electron chi connectivity index (χ0n) is 33.5. The summed E-state index contributed by atoms with van der Waals surface area (Å²) in [4.78, 5) is 35.8. The smallest absolute Gasteiger partial charge is 0.311 e. The SMILES string of the molecule is Fc1c(F)c(F)c([B-](c2c(F)c(F)c(F)c(F)c2F)(c2c(F)c(F)c(F)c(F)c2F)c2c(F)c(F)c(F)c(F)c2F)c(F)c1F.O=C(O)CC(=O)c1ccc2ccccc2[n+]1CC(=O)c1ccccc1. The van der Waals surface area contributed by atoms with Crippen LogP contribution in [0.2, 0.25) is 0 Å². The van der Waals surface area contributed by atoms with Crippen molar-refractivity contribution in [2.45, 2.75) is 13.0 Å². The molecular formula is C44H16BF20NO4. The maximum Gasteiger partial charge on any atom is 0.311 e. The van der Waals surface area contributed by atoms with Crippen LogP contribution in [0.15, 0.2) is 66.7 Å². The van der Waals surface area contributed by atoms with Crippen molar-refractivity contribution in [1.29, 1.82) is 0 Å². The lowest BCUT2D eigenvalue weighted by molar-refractivity contribution is -0.659. The second kappa shape index (κ2) is 19.3. The molecule has 0 bridgehead atoms. The van der Waals surface area contributed by atoms with E-state index in [0.717, 1.165) is 5.39 Å². The van der Waals surface area contributed by atoms with Gasteiger partial charge in [0.2, 0.25) is 29.3 Å². The van der Waals surface area contributed by atoms with Gasteiger partial charge in [0.15, 0.2) is 69.8 Å². The third kappa shape index (κ3) is 8.22. The molecule has 1 aromatic heterocycles. The molecule has 7 aromatic rings. The number of halogens is 20. The molecule has 0 aliphatic carbocycles. The first-order valence-corrected chi connectivity index (χ1v) is 18.7. The summed E-state index contributed by atoms with van der Waals surface area (Å²) in [6.45, 7) is -0.0357. The molecule has 7 rings (SSSR count). The number of Topliss-reactive ketones (excluding diaryl/α,β-unsaturated/α-hetero) is 2. The summed E-state index contributed by atoms with van der Waals surface area (Å²) >= 11 is 0. The van der Waals surface area contributed by atoms with Crippen LogP contribution < -0.4 is 26.4 Å². The summed E-state index contributed by atoms with van der Waals surface area (Å²) in [6, 6.07) is 19.5. The number of hydrogen-bond donors (Lipinski definition) is 1. The van der Waals surface area contributed by atoms with Gasteiger partial charge >= 0.3 is 5.97 Å². The van der Waals surface area contributed by atoms with E-state index in [1.54, 1.807) is 41.0 Å². The van der Waals surface area contributed by atoms with Gasteiger partial charge in [0.25, 0.3) is 0 Å². The van der Waals surface area contributed by atoms with Crippen LogP contribution in [0.3, 0.4) is 0 Å². The monoisotopic (exact) mass is 1010 g/mol. The first-order valence-electron chi connectivity index (χ1n) is 18.7. The maximum absolute atomic E-state index is 15.4. The molecule has 0 saturated carbocycles. The lowest BCUT2D eigenvalue weighted by atomic mass is 9.12. The van der Waals surface area contributed by atoms with Crippen molar-refractivity contribution < 1.29 is 112 Å². The van der Waals surface area contributed by atoms with E-state index in [-0.39, 0.29) is 18.0 Å². The lowest BCUT2D eigenvalue weighted by Gasteiger charge is -2.44. The Labute approximate surface area is 375 Å². The van der Waals surface area contributed by atoms with E-state index < -0.39 is 163 Å². The molecule has 0 radical (unpaired) electrons. The molecule has 5 nitrogen and oxygen atoms in total. The average molecular weight is 1010 g/mol. The van der Waals surface area contributed by atoms with Crippen LogP contribution in [0, 0.1) is 116 Å². The maximum atomic E-state index is 15.4. The van der Waals surface area contributed by atoms with Crippen LogP contribution in [-0.2, 0) is 11.3 Å². The van der Waals surface area contributed by atoms with Crippen LogP contribution >= 0.6 is 0 Å². The zero-order valence-corrected chi connectivity index (χ0v) is 33.5. The Morgan fingerprint density at radius 2 is 0.671 bits per heavy atom. The molecular weight excluding hydrogens is 997 g/mol. The van der Waals surface area contributed by atoms with Gasteiger partial charge in [0.1, 0.15) is 59.1 Å². The number of carbonyl (C=O) groups excluding carboxylic acids is 2. The fourth-order valence-corrected chi connectivity index (χ4v) is 7.64. The van der Waals surface area contributed by atoms with Crippen molar-refractivity contribution in [2.24, 2.45) is 0 Å². The van der Waals surface area contributed by atoms with E-state index in [1.165, 1.54) is 0 Å². The number of aromatic nitrogens is 1. The standard InChI is InChI=1S/C24BF20.C20H15NO4/c26-5-1(6(27)14(35)21(42)13(5)34)25(2-7(28)15(36)22(43)16(37)8(2)29,3-9(30)17(38)23(44)18(39)10(3)31)4-11(32)19(40)24(45)20(41)12(4)33;22-18(12-20(24)25)17-11-10-14-6-4-5-9-16(14)21(17)13-19(23)15-7-2-1-3-8-15/h;1-11H,12-13H2/q-1;/p+1. The molecule has 26 heteroatoms. The second-order valence-electron chi connectivity index (χ2n) is 14.4. The van der Waals surface area contributed by atoms with Crippen molar-refractivity contribution >= 4 is 56.4 Å². The zero-order chi connectivity index (χ0) is 52.2. The summed E-state index contributed by atoms with van der Waals surface area (Å²) < 4.78 is 296. The summed E-state index contributed by atoms with van der Waals surface area (Å²) in [5, 5.41) is 9.78. The Morgan fingerprint density at radius 3 is 1.00 bits per heavy atom. The number of aliphatic carboxylic acids is 1. The van der Waals surface area contributed by atoms with Gasteiger partial charge in [-0.2, -0.15) is 4.57 Å². The van der Waals surface area contributed by atoms with Gasteiger partial charge in [0.05, 0.1) is 0 Å². The molecule has 6 aromatic carbocycles. The molecule has 364 valence electrons. The van der Waals surface area contributed by atoms with Crippen LogP contribution in [0.4, 0.5) is 87.8 Å². The Kier molecular flexibility index (Phi) is 14.2. The van der Waals surface area contributed by atoms with Gasteiger partial charge in [-0.15, -0.1) is 21.9 Å². The number of ketones is 2. The summed E-state index contributed by atoms with van der Waals surface area (Å²) in [5.41, 5.74) is -12.9. The molecule has 70 heavy (non-hydrogen) atoms. The number of fused-ring (bicyclic) bond motifs is 1. The fraction of sp³-hybridized carbons (Fsp3) is 0.0455. The van der Waals surface area contributed by atoms with Crippen LogP contribution in [0.25, 0.3) is 10.9 Å². The Morgan fingerprint density at radius 1 is 0.371 bits per heavy atom. The number of hydrogen-bond acceptors (Lipinski definition) is 3. The topological polar surface area (TPSA) is 75.3 Å². The van der Waals surface area contributed by atoms with Crippen molar-refractivity contribution in [3.05, 3.63) is 194 Å². The quantitative estimate of drug-likeness (QED) is 0.0284. The van der Waals surface area contributed by atoms with E-state index in [1.807, 2.05) is 30.3 Å². The van der Waals surface area contributed by atoms with E-state index in [2.05, 4.69) is 0 Å². The van der Waals surface area contributed by atoms with Gasteiger partial charge in [-0.3, -0.25) is 14.4 Å². The highest BCUT2D eigenvalue weighted by Gasteiger charge is 2.52. The van der Waals surface area contributed by atoms with Crippen LogP contribution in [-0.4, -0.2) is 28.8 Å². The Hall–Kier alpha value is -7.80. The highest BCUT2D eigenvalue weighted by molar-refractivity contribution is 7.20. The van der Waals surface area contributed by atoms with Gasteiger partial charge in [-0.1, -0.05) is 42.5 Å². The van der Waals surface area contributed by atoms with Gasteiger partial charge in [-0.25, -0.2) is 87.8 Å². The molecule has 1 heterocycles. The predicted octanol–water partition coefficient (Wildman–Crippen LogP) is 8.51. The molecule has 0 fully saturated rings. The largest absolute Gasteiger partial charge is 0.481 e. The Balaban J connectivity index is 0.000000270. The molecule has 0 spiro atoms. The minimum Gasteiger partial charge on any atom is -0.481 e. The van der Waals surface area contributed by atoms with E-state index in [4.69, 9.17) is 5.11 Å². The van der Waals surface area contributed by atoms with E-state index in [0.29, 0.717) is 11.1 Å². The number of carboxylic acids is 1. The summed E-state index contributed by atoms with van der Waals surface area (Å²) in [6.07, 6.45) is -7.83. The number of carboxylic acid groups (broad SMARTS) is 1. The fourth-order valence-electron chi connectivity index (χ4n) is 7.64. The minimum absolute atomic E-state index is 0.0357. The number of benzene rings is 6. The van der Waals surface area contributed by atoms with Crippen LogP contribution in [0.1, 0.15) is 27.3 Å². The molecule has 0 atom stereocenters. The third-order valence-corrected chi connectivity index (χ3v) is 10.6. The predicted molar refractivity (Wildman–Crippen MR) is 201 cm³/mol. The highest BCUT2D eigenvalue weighted by atomic mass is 19.2. The van der Waals surface area contributed by atoms with Crippen molar-refractivity contribution in [2.75, 3.05) is 0 Å². The van der Waals surface area contributed by atoms with Gasteiger partial charge in [-0.05, 0) is 12.1 Å². The molecule has 0 unspecified atom stereocenters. The normalized spacial score (nSPS) is 11.5. The molecule has 0 aliphatic heterocycles. The van der Waals surface area contributed by atoms with E-state index in [9.17, 15) is 67.1 Å². The second-order valence-corrected chi connectivity index (χ2v) is 14.4. The van der Waals surface area contributed by atoms with E-state index >= 15 is 35.1 Å². The van der Waals surface area contributed by atoms with Crippen LogP contribution in [0.5, 0.6) is 0 Å². The van der Waals surface area contributed by atoms with Gasteiger partial charge < -0.3 is 5.11 Å². The molecule has 1 N–H and O–H groups in total. The van der Waals surface area contributed by atoms with Gasteiger partial charge in [0, 0.05) is 23.1 Å². The minimum atomic E-state index is -7.22. The number of rotatable bonds is 10. The summed E-state index contributed by atoms with van der Waals surface area (Å²) in [5.74, 6) is -73.3. The van der Waals surface area contributed by atoms with Crippen molar-refractivity contribution in [3.63, 3.8) is 0 Å². The first-order chi connectivity index (χ1) is 32.8. The molecule has 0 aliphatic rings. The Bertz CT molecular complexity index is 2970.